The molecule has 0 amide bonds. The quantitative estimate of drug-likeness (QED) is 0.389. The van der Waals surface area contributed by atoms with Crippen LogP contribution in [0.3, 0.4) is 0 Å². The fraction of sp³-hybridized carbons (Fsp3) is 1.00. The summed E-state index contributed by atoms with van der Waals surface area (Å²) in [6, 6.07) is 0. The Hall–Kier alpha value is -0.240. The average molecular weight is 195 g/mol. The van der Waals surface area contributed by atoms with Crippen molar-refractivity contribution < 1.29 is 25.0 Å². The lowest BCUT2D eigenvalue weighted by Crippen LogP contribution is -2.28. The Morgan fingerprint density at radius 3 is 1.77 bits per heavy atom. The van der Waals surface area contributed by atoms with Gasteiger partial charge < -0.3 is 15.3 Å². The van der Waals surface area contributed by atoms with Crippen LogP contribution in [0.2, 0.25) is 0 Å². The number of hydroxylamine groups is 2. The fourth-order valence-corrected chi connectivity index (χ4v) is 0.651. The molecule has 0 fully saturated rings. The van der Waals surface area contributed by atoms with E-state index >= 15 is 0 Å². The molecule has 6 nitrogen and oxygen atoms in total. The van der Waals surface area contributed by atoms with Crippen molar-refractivity contribution in [3.8, 4) is 0 Å². The molecule has 0 aromatic heterocycles. The van der Waals surface area contributed by atoms with Crippen molar-refractivity contribution in [2.45, 2.75) is 6.42 Å². The van der Waals surface area contributed by atoms with E-state index in [4.69, 9.17) is 25.0 Å². The van der Waals surface area contributed by atoms with Crippen LogP contribution >= 0.6 is 0 Å². The van der Waals surface area contributed by atoms with Gasteiger partial charge in [0.1, 0.15) is 0 Å². The molecule has 0 aliphatic rings. The molecule has 0 aromatic rings. The van der Waals surface area contributed by atoms with Gasteiger partial charge in [0.2, 0.25) is 0 Å². The van der Waals surface area contributed by atoms with E-state index < -0.39 is 0 Å². The largest absolute Gasteiger partial charge is 0.396 e. The molecule has 0 aliphatic heterocycles. The van der Waals surface area contributed by atoms with Crippen molar-refractivity contribution in [1.29, 1.82) is 0 Å². The Kier molecular flexibility index (Phi) is 9.66. The molecular weight excluding hydrogens is 178 g/mol. The molecule has 0 saturated carbocycles. The monoisotopic (exact) mass is 195 g/mol. The zero-order chi connectivity index (χ0) is 9.94. The fourth-order valence-electron chi connectivity index (χ4n) is 0.651. The van der Waals surface area contributed by atoms with Crippen LogP contribution in [0.25, 0.3) is 0 Å². The first-order valence-corrected chi connectivity index (χ1v) is 4.21. The van der Waals surface area contributed by atoms with E-state index in [1.54, 1.807) is 0 Å². The number of nitrogens with zero attached hydrogens (tertiary/aromatic N) is 1. The number of rotatable bonds is 9. The summed E-state index contributed by atoms with van der Waals surface area (Å²) >= 11 is 0. The second kappa shape index (κ2) is 9.85. The molecule has 6 heteroatoms. The first-order chi connectivity index (χ1) is 6.35. The van der Waals surface area contributed by atoms with E-state index in [0.717, 1.165) is 5.23 Å². The minimum absolute atomic E-state index is 0.0431. The van der Waals surface area contributed by atoms with Crippen molar-refractivity contribution in [2.24, 2.45) is 0 Å². The van der Waals surface area contributed by atoms with Crippen molar-refractivity contribution >= 4 is 0 Å². The lowest BCUT2D eigenvalue weighted by Gasteiger charge is -2.19. The van der Waals surface area contributed by atoms with Crippen LogP contribution in [0.5, 0.6) is 0 Å². The van der Waals surface area contributed by atoms with Gasteiger partial charge in [0, 0.05) is 6.61 Å². The normalized spacial score (nSPS) is 11.1. The maximum atomic E-state index is 8.53. The Morgan fingerprint density at radius 2 is 1.38 bits per heavy atom. The lowest BCUT2D eigenvalue weighted by molar-refractivity contribution is -0.371. The summed E-state index contributed by atoms with van der Waals surface area (Å²) in [6.45, 7) is 0.516. The highest BCUT2D eigenvalue weighted by molar-refractivity contribution is 4.35. The van der Waals surface area contributed by atoms with E-state index in [9.17, 15) is 0 Å². The Labute approximate surface area is 77.2 Å². The zero-order valence-electron chi connectivity index (χ0n) is 7.56. The van der Waals surface area contributed by atoms with Crippen LogP contribution in [0.15, 0.2) is 0 Å². The van der Waals surface area contributed by atoms with Crippen molar-refractivity contribution in [3.05, 3.63) is 0 Å². The molecule has 0 aromatic carbocycles. The number of aliphatic hydroxyl groups excluding tert-OH is 3. The second-order valence-electron chi connectivity index (χ2n) is 2.25. The number of hydrogen-bond donors (Lipinski definition) is 3. The van der Waals surface area contributed by atoms with E-state index in [2.05, 4.69) is 0 Å². The highest BCUT2D eigenvalue weighted by atomic mass is 16.9. The van der Waals surface area contributed by atoms with Crippen LogP contribution in [0, 0.1) is 0 Å². The van der Waals surface area contributed by atoms with Crippen molar-refractivity contribution in [3.63, 3.8) is 0 Å². The maximum absolute atomic E-state index is 8.53. The summed E-state index contributed by atoms with van der Waals surface area (Å²) in [5.41, 5.74) is 0. The summed E-state index contributed by atoms with van der Waals surface area (Å²) < 4.78 is 0. The molecule has 0 unspecified atom stereocenters. The molecule has 0 rings (SSSR count). The van der Waals surface area contributed by atoms with Gasteiger partial charge in [-0.25, -0.2) is 0 Å². The van der Waals surface area contributed by atoms with E-state index in [-0.39, 0.29) is 33.0 Å². The first kappa shape index (κ1) is 12.8. The molecule has 0 heterocycles. The maximum Gasteiger partial charge on any atom is 0.0942 e. The predicted molar refractivity (Wildman–Crippen MR) is 44.5 cm³/mol. The third kappa shape index (κ3) is 8.10. The molecule has 0 saturated heterocycles. The van der Waals surface area contributed by atoms with Crippen LogP contribution < -0.4 is 0 Å². The highest BCUT2D eigenvalue weighted by Gasteiger charge is 2.04. The predicted octanol–water partition coefficient (Wildman–Crippen LogP) is -1.48. The smallest absolute Gasteiger partial charge is 0.0942 e. The molecule has 0 spiro atoms. The summed E-state index contributed by atoms with van der Waals surface area (Å²) in [6.07, 6.45) is 0.511. The molecule has 3 N–H and O–H groups in total. The van der Waals surface area contributed by atoms with Crippen LogP contribution in [0.1, 0.15) is 6.42 Å². The summed E-state index contributed by atoms with van der Waals surface area (Å²) in [4.78, 5) is 9.87. The van der Waals surface area contributed by atoms with Crippen molar-refractivity contribution in [1.82, 2.24) is 5.23 Å². The molecule has 80 valence electrons. The number of aliphatic hydroxyl groups is 3. The van der Waals surface area contributed by atoms with Gasteiger partial charge in [0.25, 0.3) is 0 Å². The van der Waals surface area contributed by atoms with E-state index in [1.807, 2.05) is 0 Å². The van der Waals surface area contributed by atoms with Crippen LogP contribution in [-0.2, 0) is 9.68 Å². The van der Waals surface area contributed by atoms with Gasteiger partial charge in [-0.1, -0.05) is 5.23 Å². The summed E-state index contributed by atoms with van der Waals surface area (Å²) in [7, 11) is 0. The first-order valence-electron chi connectivity index (χ1n) is 4.21. The Morgan fingerprint density at radius 1 is 0.846 bits per heavy atom. The molecule has 0 atom stereocenters. The third-order valence-corrected chi connectivity index (χ3v) is 1.15. The highest BCUT2D eigenvalue weighted by Crippen LogP contribution is 1.94. The van der Waals surface area contributed by atoms with Crippen LogP contribution in [0.4, 0.5) is 0 Å². The second-order valence-corrected chi connectivity index (χ2v) is 2.25. The van der Waals surface area contributed by atoms with Crippen molar-refractivity contribution in [2.75, 3.05) is 39.6 Å². The molecule has 13 heavy (non-hydrogen) atoms. The van der Waals surface area contributed by atoms with Gasteiger partial charge in [-0.15, -0.1) is 0 Å². The lowest BCUT2D eigenvalue weighted by atomic mass is 10.5. The molecule has 0 radical (unpaired) electrons. The Balaban J connectivity index is 3.47. The molecule has 0 bridgehead atoms. The van der Waals surface area contributed by atoms with E-state index in [1.165, 1.54) is 0 Å². The SMILES string of the molecule is OCCCN(OCCO)OCCO. The molecule has 0 aliphatic carbocycles. The van der Waals surface area contributed by atoms with Gasteiger partial charge in [-0.2, -0.15) is 0 Å². The third-order valence-electron chi connectivity index (χ3n) is 1.15. The van der Waals surface area contributed by atoms with E-state index in [0.29, 0.717) is 13.0 Å². The Bertz CT molecular complexity index is 83.9. The van der Waals surface area contributed by atoms with Gasteiger partial charge in [0.05, 0.1) is 33.0 Å². The summed E-state index contributed by atoms with van der Waals surface area (Å²) in [5.74, 6) is 0. The minimum Gasteiger partial charge on any atom is -0.396 e. The average Bonchev–Trinajstić information content (AvgIpc) is 2.17. The van der Waals surface area contributed by atoms with Gasteiger partial charge in [-0.05, 0) is 6.42 Å². The number of hydrogen-bond acceptors (Lipinski definition) is 6. The minimum atomic E-state index is -0.0991. The zero-order valence-corrected chi connectivity index (χ0v) is 7.56. The summed E-state index contributed by atoms with van der Waals surface area (Å²) in [5, 5.41) is 26.6. The van der Waals surface area contributed by atoms with Gasteiger partial charge in [0.15, 0.2) is 0 Å². The standard InChI is InChI=1S/C7H17NO5/c9-3-1-2-8(12-6-4-10)13-7-5-11/h9-11H,1-7H2. The van der Waals surface area contributed by atoms with Gasteiger partial charge >= 0.3 is 0 Å². The molecular formula is C7H17NO5. The topological polar surface area (TPSA) is 82.4 Å². The van der Waals surface area contributed by atoms with Crippen LogP contribution in [-0.4, -0.2) is 60.1 Å². The van der Waals surface area contributed by atoms with Gasteiger partial charge in [-0.3, -0.25) is 9.68 Å².